The number of rotatable bonds is 6. The van der Waals surface area contributed by atoms with Crippen LogP contribution >= 0.6 is 0 Å². The van der Waals surface area contributed by atoms with Crippen LogP contribution in [0.25, 0.3) is 0 Å². The lowest BCUT2D eigenvalue weighted by Gasteiger charge is -2.08. The Morgan fingerprint density at radius 3 is 2.78 bits per heavy atom. The molecule has 0 aliphatic carbocycles. The molecule has 0 fully saturated rings. The fourth-order valence-electron chi connectivity index (χ4n) is 1.83. The Kier molecular flexibility index (Phi) is 4.36. The highest BCUT2D eigenvalue weighted by Gasteiger charge is 2.03. The number of aryl methyl sites for hydroxylation is 1. The van der Waals surface area contributed by atoms with Crippen molar-refractivity contribution in [3.8, 4) is 5.75 Å². The van der Waals surface area contributed by atoms with Gasteiger partial charge in [-0.05, 0) is 17.5 Å². The van der Waals surface area contributed by atoms with E-state index in [0.717, 1.165) is 29.8 Å². The molecule has 0 saturated heterocycles. The van der Waals surface area contributed by atoms with E-state index in [1.807, 2.05) is 35.1 Å². The maximum atomic E-state index is 5.72. The van der Waals surface area contributed by atoms with Crippen LogP contribution in [0.5, 0.6) is 5.75 Å². The first kappa shape index (κ1) is 12.6. The summed E-state index contributed by atoms with van der Waals surface area (Å²) < 4.78 is 7.62. The largest absolute Gasteiger partial charge is 0.486 e. The molecule has 0 saturated carbocycles. The van der Waals surface area contributed by atoms with Gasteiger partial charge in [0.2, 0.25) is 0 Å². The van der Waals surface area contributed by atoms with Gasteiger partial charge in [0.15, 0.2) is 5.75 Å². The van der Waals surface area contributed by atoms with Crippen molar-refractivity contribution < 1.29 is 4.74 Å². The topological polar surface area (TPSA) is 53.1 Å². The molecule has 4 heteroatoms. The average Bonchev–Trinajstić information content (AvgIpc) is 2.85. The fraction of sp³-hybridized carbons (Fsp3) is 0.357. The van der Waals surface area contributed by atoms with Crippen molar-refractivity contribution in [2.75, 3.05) is 0 Å². The van der Waals surface area contributed by atoms with Crippen molar-refractivity contribution in [1.29, 1.82) is 0 Å². The molecule has 2 rings (SSSR count). The van der Waals surface area contributed by atoms with Crippen LogP contribution in [0.4, 0.5) is 0 Å². The van der Waals surface area contributed by atoms with Crippen LogP contribution in [0.2, 0.25) is 0 Å². The third kappa shape index (κ3) is 3.11. The normalized spacial score (nSPS) is 10.6. The van der Waals surface area contributed by atoms with Crippen LogP contribution in [-0.2, 0) is 19.7 Å². The number of nitrogens with two attached hydrogens (primary N) is 1. The molecule has 4 nitrogen and oxygen atoms in total. The third-order valence-electron chi connectivity index (χ3n) is 2.79. The van der Waals surface area contributed by atoms with Crippen molar-refractivity contribution in [2.45, 2.75) is 33.0 Å². The molecule has 0 radical (unpaired) electrons. The highest BCUT2D eigenvalue weighted by atomic mass is 16.5. The van der Waals surface area contributed by atoms with Crippen molar-refractivity contribution in [3.63, 3.8) is 0 Å². The summed E-state index contributed by atoms with van der Waals surface area (Å²) in [5, 5.41) is 4.23. The van der Waals surface area contributed by atoms with Gasteiger partial charge in [0.05, 0.1) is 12.4 Å². The summed E-state index contributed by atoms with van der Waals surface area (Å²) in [4.78, 5) is 0. The SMILES string of the molecule is CCCn1cc(OCc2ccccc2CN)cn1. The molecule has 0 spiro atoms. The van der Waals surface area contributed by atoms with Gasteiger partial charge in [-0.1, -0.05) is 31.2 Å². The summed E-state index contributed by atoms with van der Waals surface area (Å²) in [6.07, 6.45) is 4.74. The molecule has 0 atom stereocenters. The smallest absolute Gasteiger partial charge is 0.157 e. The Morgan fingerprint density at radius 1 is 1.28 bits per heavy atom. The minimum Gasteiger partial charge on any atom is -0.486 e. The van der Waals surface area contributed by atoms with Crippen LogP contribution in [0, 0.1) is 0 Å². The Labute approximate surface area is 107 Å². The van der Waals surface area contributed by atoms with E-state index in [1.54, 1.807) is 6.20 Å². The minimum absolute atomic E-state index is 0.533. The van der Waals surface area contributed by atoms with Gasteiger partial charge >= 0.3 is 0 Å². The molecular weight excluding hydrogens is 226 g/mol. The van der Waals surface area contributed by atoms with Gasteiger partial charge in [0, 0.05) is 13.1 Å². The fourth-order valence-corrected chi connectivity index (χ4v) is 1.83. The molecule has 0 amide bonds. The Bertz CT molecular complexity index is 493. The second-order valence-corrected chi connectivity index (χ2v) is 4.20. The van der Waals surface area contributed by atoms with Gasteiger partial charge < -0.3 is 10.5 Å². The van der Waals surface area contributed by atoms with Crippen molar-refractivity contribution >= 4 is 0 Å². The van der Waals surface area contributed by atoms with Crippen molar-refractivity contribution in [1.82, 2.24) is 9.78 Å². The summed E-state index contributed by atoms with van der Waals surface area (Å²) in [6, 6.07) is 8.06. The van der Waals surface area contributed by atoms with Gasteiger partial charge in [0.1, 0.15) is 6.61 Å². The zero-order chi connectivity index (χ0) is 12.8. The van der Waals surface area contributed by atoms with Crippen LogP contribution < -0.4 is 10.5 Å². The quantitative estimate of drug-likeness (QED) is 0.849. The highest BCUT2D eigenvalue weighted by molar-refractivity contribution is 5.27. The lowest BCUT2D eigenvalue weighted by Crippen LogP contribution is -2.04. The third-order valence-corrected chi connectivity index (χ3v) is 2.79. The van der Waals surface area contributed by atoms with Gasteiger partial charge in [-0.2, -0.15) is 5.10 Å². The second-order valence-electron chi connectivity index (χ2n) is 4.20. The molecule has 2 aromatic rings. The summed E-state index contributed by atoms with van der Waals surface area (Å²) in [7, 11) is 0. The number of nitrogens with zero attached hydrogens (tertiary/aromatic N) is 2. The number of aromatic nitrogens is 2. The zero-order valence-corrected chi connectivity index (χ0v) is 10.7. The number of ether oxygens (including phenoxy) is 1. The first-order chi connectivity index (χ1) is 8.83. The molecule has 96 valence electrons. The predicted molar refractivity (Wildman–Crippen MR) is 71.2 cm³/mol. The van der Waals surface area contributed by atoms with E-state index in [4.69, 9.17) is 10.5 Å². The van der Waals surface area contributed by atoms with Crippen LogP contribution in [0.3, 0.4) is 0 Å². The Hall–Kier alpha value is -1.81. The molecule has 1 aromatic heterocycles. The second kappa shape index (κ2) is 6.21. The molecule has 0 unspecified atom stereocenters. The Morgan fingerprint density at radius 2 is 2.06 bits per heavy atom. The van der Waals surface area contributed by atoms with Crippen LogP contribution in [-0.4, -0.2) is 9.78 Å². The number of hydrogen-bond acceptors (Lipinski definition) is 3. The molecular formula is C14H19N3O. The van der Waals surface area contributed by atoms with E-state index in [9.17, 15) is 0 Å². The first-order valence-electron chi connectivity index (χ1n) is 6.25. The van der Waals surface area contributed by atoms with E-state index < -0.39 is 0 Å². The number of benzene rings is 1. The maximum absolute atomic E-state index is 5.72. The monoisotopic (exact) mass is 245 g/mol. The summed E-state index contributed by atoms with van der Waals surface area (Å²) in [5.41, 5.74) is 7.94. The number of hydrogen-bond donors (Lipinski definition) is 1. The van der Waals surface area contributed by atoms with Gasteiger partial charge in [-0.15, -0.1) is 0 Å². The predicted octanol–water partition coefficient (Wildman–Crippen LogP) is 2.33. The standard InChI is InChI=1S/C14H19N3O/c1-2-7-17-10-14(9-16-17)18-11-13-6-4-3-5-12(13)8-15/h3-6,9-10H,2,7-8,11,15H2,1H3. The van der Waals surface area contributed by atoms with E-state index in [2.05, 4.69) is 12.0 Å². The summed E-state index contributed by atoms with van der Waals surface area (Å²) in [6.45, 7) is 4.11. The van der Waals surface area contributed by atoms with Gasteiger partial charge in [-0.25, -0.2) is 0 Å². The zero-order valence-electron chi connectivity index (χ0n) is 10.7. The van der Waals surface area contributed by atoms with E-state index in [0.29, 0.717) is 13.2 Å². The molecule has 1 aromatic carbocycles. The maximum Gasteiger partial charge on any atom is 0.157 e. The van der Waals surface area contributed by atoms with Gasteiger partial charge in [0.25, 0.3) is 0 Å². The van der Waals surface area contributed by atoms with Crippen LogP contribution in [0.15, 0.2) is 36.7 Å². The molecule has 0 bridgehead atoms. The Balaban J connectivity index is 1.97. The molecule has 0 aliphatic heterocycles. The summed E-state index contributed by atoms with van der Waals surface area (Å²) >= 11 is 0. The van der Waals surface area contributed by atoms with Crippen LogP contribution in [0.1, 0.15) is 24.5 Å². The molecule has 18 heavy (non-hydrogen) atoms. The summed E-state index contributed by atoms with van der Waals surface area (Å²) in [5.74, 6) is 0.801. The average molecular weight is 245 g/mol. The van der Waals surface area contributed by atoms with Gasteiger partial charge in [-0.3, -0.25) is 4.68 Å². The van der Waals surface area contributed by atoms with Crippen molar-refractivity contribution in [2.24, 2.45) is 5.73 Å². The molecule has 1 heterocycles. The molecule has 2 N–H and O–H groups in total. The lowest BCUT2D eigenvalue weighted by molar-refractivity contribution is 0.304. The van der Waals surface area contributed by atoms with E-state index in [1.165, 1.54) is 0 Å². The first-order valence-corrected chi connectivity index (χ1v) is 6.25. The van der Waals surface area contributed by atoms with E-state index >= 15 is 0 Å². The minimum atomic E-state index is 0.533. The highest BCUT2D eigenvalue weighted by Crippen LogP contribution is 2.14. The molecule has 0 aliphatic rings. The van der Waals surface area contributed by atoms with E-state index in [-0.39, 0.29) is 0 Å². The van der Waals surface area contributed by atoms with Crippen molar-refractivity contribution in [3.05, 3.63) is 47.8 Å². The lowest BCUT2D eigenvalue weighted by atomic mass is 10.1.